The van der Waals surface area contributed by atoms with Gasteiger partial charge in [0.15, 0.2) is 0 Å². The second-order valence-electron chi connectivity index (χ2n) is 3.60. The molecule has 1 heterocycles. The number of halogens is 2. The highest BCUT2D eigenvalue weighted by Crippen LogP contribution is 2.16. The molecule has 0 amide bonds. The molecule has 88 valence electrons. The van der Waals surface area contributed by atoms with Crippen LogP contribution >= 0.6 is 15.9 Å². The van der Waals surface area contributed by atoms with Crippen LogP contribution in [0.4, 0.5) is 4.39 Å². The van der Waals surface area contributed by atoms with Crippen molar-refractivity contribution >= 4 is 21.9 Å². The fraction of sp³-hybridized carbons (Fsp3) is 0.0833. The van der Waals surface area contributed by atoms with Gasteiger partial charge in [0.1, 0.15) is 11.5 Å². The number of nitrogens with zero attached hydrogens (tertiary/aromatic N) is 1. The number of hydrogen-bond acceptors (Lipinski definition) is 1. The van der Waals surface area contributed by atoms with Crippen LogP contribution in [0.3, 0.4) is 0 Å². The Balaban J connectivity index is 2.31. The first-order chi connectivity index (χ1) is 8.06. The first kappa shape index (κ1) is 11.9. The number of aromatic nitrogens is 1. The number of rotatable bonds is 3. The van der Waals surface area contributed by atoms with E-state index in [4.69, 9.17) is 5.11 Å². The van der Waals surface area contributed by atoms with Gasteiger partial charge in [-0.1, -0.05) is 15.9 Å². The summed E-state index contributed by atoms with van der Waals surface area (Å²) < 4.78 is 15.4. The predicted octanol–water partition coefficient (Wildman–Crippen LogP) is 3.14. The molecule has 1 aromatic carbocycles. The van der Waals surface area contributed by atoms with E-state index in [9.17, 15) is 9.18 Å². The minimum absolute atomic E-state index is 0.186. The average Bonchev–Trinajstić information content (AvgIpc) is 2.63. The Morgan fingerprint density at radius 2 is 2.18 bits per heavy atom. The molecule has 0 saturated carbocycles. The Labute approximate surface area is 106 Å². The number of carbonyl (C=O) groups is 1. The monoisotopic (exact) mass is 297 g/mol. The number of aromatic carboxylic acids is 1. The van der Waals surface area contributed by atoms with Crippen LogP contribution in [0.2, 0.25) is 0 Å². The number of carboxylic acid groups (broad SMARTS) is 1. The summed E-state index contributed by atoms with van der Waals surface area (Å²) in [5, 5.41) is 8.94. The quantitative estimate of drug-likeness (QED) is 0.946. The summed E-state index contributed by atoms with van der Waals surface area (Å²) in [7, 11) is 0. The zero-order valence-corrected chi connectivity index (χ0v) is 10.3. The van der Waals surface area contributed by atoms with Crippen molar-refractivity contribution in [3.63, 3.8) is 0 Å². The summed E-state index contributed by atoms with van der Waals surface area (Å²) >= 11 is 3.20. The maximum atomic E-state index is 13.2. The van der Waals surface area contributed by atoms with Crippen LogP contribution in [0.15, 0.2) is 41.0 Å². The lowest BCUT2D eigenvalue weighted by Crippen LogP contribution is -2.08. The molecule has 0 unspecified atom stereocenters. The van der Waals surface area contributed by atoms with Gasteiger partial charge >= 0.3 is 5.97 Å². The molecule has 2 rings (SSSR count). The Kier molecular flexibility index (Phi) is 3.28. The molecular formula is C12H9BrFNO2. The van der Waals surface area contributed by atoms with Crippen molar-refractivity contribution in [3.8, 4) is 0 Å². The zero-order valence-electron chi connectivity index (χ0n) is 8.73. The van der Waals surface area contributed by atoms with E-state index in [0.717, 1.165) is 0 Å². The number of carboxylic acids is 1. The SMILES string of the molecule is O=C(O)c1cccn1Cc1cc(F)cc(Br)c1. The normalized spacial score (nSPS) is 10.5. The third-order valence-corrected chi connectivity index (χ3v) is 2.78. The maximum Gasteiger partial charge on any atom is 0.352 e. The van der Waals surface area contributed by atoms with E-state index in [2.05, 4.69) is 15.9 Å². The highest BCUT2D eigenvalue weighted by atomic mass is 79.9. The first-order valence-electron chi connectivity index (χ1n) is 4.89. The molecule has 0 fully saturated rings. The molecule has 0 radical (unpaired) electrons. The number of hydrogen-bond donors (Lipinski definition) is 1. The Morgan fingerprint density at radius 3 is 2.82 bits per heavy atom. The highest BCUT2D eigenvalue weighted by molar-refractivity contribution is 9.10. The fourth-order valence-electron chi connectivity index (χ4n) is 1.65. The first-order valence-corrected chi connectivity index (χ1v) is 5.69. The van der Waals surface area contributed by atoms with Crippen LogP contribution in [-0.4, -0.2) is 15.6 Å². The summed E-state index contributed by atoms with van der Waals surface area (Å²) in [6.07, 6.45) is 1.66. The van der Waals surface area contributed by atoms with Crippen LogP contribution in [0.25, 0.3) is 0 Å². The van der Waals surface area contributed by atoms with E-state index in [1.807, 2.05) is 0 Å². The fourth-order valence-corrected chi connectivity index (χ4v) is 2.16. The third kappa shape index (κ3) is 2.74. The van der Waals surface area contributed by atoms with Crippen LogP contribution in [0.1, 0.15) is 16.1 Å². The molecule has 1 N–H and O–H groups in total. The van der Waals surface area contributed by atoms with E-state index in [0.29, 0.717) is 16.6 Å². The van der Waals surface area contributed by atoms with Crippen molar-refractivity contribution in [1.82, 2.24) is 4.57 Å². The smallest absolute Gasteiger partial charge is 0.352 e. The Bertz CT molecular complexity index is 545. The summed E-state index contributed by atoms with van der Waals surface area (Å²) in [6, 6.07) is 7.66. The van der Waals surface area contributed by atoms with E-state index in [1.165, 1.54) is 18.2 Å². The van der Waals surface area contributed by atoms with Gasteiger partial charge in [-0.05, 0) is 35.9 Å². The standard InChI is InChI=1S/C12H9BrFNO2/c13-9-4-8(5-10(14)6-9)7-15-3-1-2-11(15)12(16)17/h1-6H,7H2,(H,16,17). The lowest BCUT2D eigenvalue weighted by Gasteiger charge is -2.07. The molecule has 2 aromatic rings. The van der Waals surface area contributed by atoms with Gasteiger partial charge in [-0.15, -0.1) is 0 Å². The highest BCUT2D eigenvalue weighted by Gasteiger charge is 2.09. The van der Waals surface area contributed by atoms with Crippen molar-refractivity contribution in [2.75, 3.05) is 0 Å². The van der Waals surface area contributed by atoms with Gasteiger partial charge in [0.25, 0.3) is 0 Å². The molecule has 1 aromatic heterocycles. The molecule has 0 aliphatic rings. The van der Waals surface area contributed by atoms with Crippen LogP contribution in [0.5, 0.6) is 0 Å². The minimum atomic E-state index is -0.995. The van der Waals surface area contributed by atoms with Gasteiger partial charge in [-0.3, -0.25) is 0 Å². The topological polar surface area (TPSA) is 42.2 Å². The lowest BCUT2D eigenvalue weighted by atomic mass is 10.2. The molecular weight excluding hydrogens is 289 g/mol. The molecule has 0 aliphatic carbocycles. The molecule has 17 heavy (non-hydrogen) atoms. The summed E-state index contributed by atoms with van der Waals surface area (Å²) in [5.41, 5.74) is 0.890. The van der Waals surface area contributed by atoms with Gasteiger partial charge in [-0.2, -0.15) is 0 Å². The molecule has 0 aliphatic heterocycles. The summed E-state index contributed by atoms with van der Waals surface area (Å²) in [5.74, 6) is -1.34. The van der Waals surface area contributed by atoms with E-state index < -0.39 is 5.97 Å². The second-order valence-corrected chi connectivity index (χ2v) is 4.52. The average molecular weight is 298 g/mol. The molecule has 0 atom stereocenters. The molecule has 5 heteroatoms. The van der Waals surface area contributed by atoms with Crippen molar-refractivity contribution in [2.24, 2.45) is 0 Å². The van der Waals surface area contributed by atoms with Gasteiger partial charge < -0.3 is 9.67 Å². The van der Waals surface area contributed by atoms with Gasteiger partial charge in [0.05, 0.1) is 0 Å². The summed E-state index contributed by atoms with van der Waals surface area (Å²) in [6.45, 7) is 0.324. The summed E-state index contributed by atoms with van der Waals surface area (Å²) in [4.78, 5) is 10.9. The van der Waals surface area contributed by atoms with Crippen LogP contribution in [-0.2, 0) is 6.54 Å². The van der Waals surface area contributed by atoms with Crippen LogP contribution in [0, 0.1) is 5.82 Å². The molecule has 3 nitrogen and oxygen atoms in total. The molecule has 0 bridgehead atoms. The van der Waals surface area contributed by atoms with Gasteiger partial charge in [-0.25, -0.2) is 9.18 Å². The van der Waals surface area contributed by atoms with Gasteiger partial charge in [0.2, 0.25) is 0 Å². The lowest BCUT2D eigenvalue weighted by molar-refractivity contribution is 0.0685. The number of benzene rings is 1. The molecule has 0 spiro atoms. The zero-order chi connectivity index (χ0) is 12.4. The Hall–Kier alpha value is -1.62. The minimum Gasteiger partial charge on any atom is -0.477 e. The van der Waals surface area contributed by atoms with Crippen molar-refractivity contribution in [3.05, 3.63) is 58.1 Å². The van der Waals surface area contributed by atoms with Crippen molar-refractivity contribution in [2.45, 2.75) is 6.54 Å². The van der Waals surface area contributed by atoms with E-state index in [-0.39, 0.29) is 11.5 Å². The van der Waals surface area contributed by atoms with E-state index in [1.54, 1.807) is 22.9 Å². The second kappa shape index (κ2) is 4.71. The predicted molar refractivity (Wildman–Crippen MR) is 64.6 cm³/mol. The van der Waals surface area contributed by atoms with Crippen molar-refractivity contribution in [1.29, 1.82) is 0 Å². The maximum absolute atomic E-state index is 13.2. The van der Waals surface area contributed by atoms with E-state index >= 15 is 0 Å². The van der Waals surface area contributed by atoms with Crippen LogP contribution < -0.4 is 0 Å². The third-order valence-electron chi connectivity index (χ3n) is 2.32. The Morgan fingerprint density at radius 1 is 1.41 bits per heavy atom. The van der Waals surface area contributed by atoms with Gasteiger partial charge in [0, 0.05) is 17.2 Å². The molecule has 0 saturated heterocycles. The van der Waals surface area contributed by atoms with Crippen molar-refractivity contribution < 1.29 is 14.3 Å². The largest absolute Gasteiger partial charge is 0.477 e.